The van der Waals surface area contributed by atoms with Crippen molar-refractivity contribution < 1.29 is 22.7 Å². The Labute approximate surface area is 173 Å². The summed E-state index contributed by atoms with van der Waals surface area (Å²) in [5.74, 6) is -0.895. The van der Waals surface area contributed by atoms with Crippen LogP contribution in [0.3, 0.4) is 0 Å². The van der Waals surface area contributed by atoms with Crippen molar-refractivity contribution in [1.82, 2.24) is 15.2 Å². The van der Waals surface area contributed by atoms with Gasteiger partial charge in [0.2, 0.25) is 10.0 Å². The molecule has 2 amide bonds. The minimum Gasteiger partial charge on any atom is -0.496 e. The molecule has 1 aliphatic heterocycles. The van der Waals surface area contributed by atoms with Crippen LogP contribution in [0.25, 0.3) is 0 Å². The zero-order chi connectivity index (χ0) is 21.0. The van der Waals surface area contributed by atoms with Crippen LogP contribution < -0.4 is 15.6 Å². The van der Waals surface area contributed by atoms with E-state index in [4.69, 9.17) is 16.3 Å². The fraction of sp³-hybridized carbons (Fsp3) is 0.263. The number of benzene rings is 2. The van der Waals surface area contributed by atoms with Crippen LogP contribution in [0.5, 0.6) is 5.75 Å². The Morgan fingerprint density at radius 2 is 1.62 bits per heavy atom. The van der Waals surface area contributed by atoms with Crippen LogP contribution in [0.2, 0.25) is 5.02 Å². The Bertz CT molecular complexity index is 1020. The second kappa shape index (κ2) is 8.81. The van der Waals surface area contributed by atoms with E-state index >= 15 is 0 Å². The molecule has 0 radical (unpaired) electrons. The van der Waals surface area contributed by atoms with Crippen LogP contribution in [0, 0.1) is 0 Å². The number of carbonyl (C=O) groups is 2. The molecular formula is C19H20ClN3O5S. The molecule has 0 bridgehead atoms. The van der Waals surface area contributed by atoms with Gasteiger partial charge in [0.1, 0.15) is 5.75 Å². The number of hydrazine groups is 1. The maximum atomic E-state index is 12.5. The molecule has 2 N–H and O–H groups in total. The van der Waals surface area contributed by atoms with Gasteiger partial charge < -0.3 is 4.74 Å². The average molecular weight is 438 g/mol. The van der Waals surface area contributed by atoms with Crippen LogP contribution >= 0.6 is 11.6 Å². The van der Waals surface area contributed by atoms with Gasteiger partial charge in [-0.15, -0.1) is 0 Å². The van der Waals surface area contributed by atoms with Crippen molar-refractivity contribution in [3.63, 3.8) is 0 Å². The summed E-state index contributed by atoms with van der Waals surface area (Å²) in [6, 6.07) is 10.1. The van der Waals surface area contributed by atoms with E-state index in [1.165, 1.54) is 41.7 Å². The highest BCUT2D eigenvalue weighted by molar-refractivity contribution is 7.89. The van der Waals surface area contributed by atoms with Crippen LogP contribution in [0.1, 0.15) is 33.6 Å². The molecule has 0 atom stereocenters. The lowest BCUT2D eigenvalue weighted by atomic mass is 10.2. The standard InChI is InChI=1S/C19H20ClN3O5S/c1-28-17-9-6-14(20)12-16(17)19(25)22-21-18(24)13-4-7-15(8-5-13)29(26,27)23-10-2-3-11-23/h4-9,12H,2-3,10-11H2,1H3,(H,21,24)(H,22,25). The summed E-state index contributed by atoms with van der Waals surface area (Å²) in [4.78, 5) is 24.7. The molecule has 0 aromatic heterocycles. The first kappa shape index (κ1) is 21.1. The van der Waals surface area contributed by atoms with Crippen molar-refractivity contribution in [2.45, 2.75) is 17.7 Å². The highest BCUT2D eigenvalue weighted by atomic mass is 35.5. The summed E-state index contributed by atoms with van der Waals surface area (Å²) in [7, 11) is -2.14. The monoisotopic (exact) mass is 437 g/mol. The fourth-order valence-corrected chi connectivity index (χ4v) is 4.66. The zero-order valence-corrected chi connectivity index (χ0v) is 17.2. The van der Waals surface area contributed by atoms with Crippen LogP contribution in [-0.4, -0.2) is 44.7 Å². The molecule has 1 fully saturated rings. The second-order valence-electron chi connectivity index (χ2n) is 6.39. The predicted molar refractivity (Wildman–Crippen MR) is 107 cm³/mol. The zero-order valence-electron chi connectivity index (χ0n) is 15.6. The van der Waals surface area contributed by atoms with Gasteiger partial charge in [-0.1, -0.05) is 11.6 Å². The molecule has 1 aliphatic rings. The Kier molecular flexibility index (Phi) is 6.41. The lowest BCUT2D eigenvalue weighted by Crippen LogP contribution is -2.41. The maximum absolute atomic E-state index is 12.5. The van der Waals surface area contributed by atoms with Crippen molar-refractivity contribution in [2.24, 2.45) is 0 Å². The molecule has 154 valence electrons. The lowest BCUT2D eigenvalue weighted by molar-refractivity contribution is 0.0845. The fourth-order valence-electron chi connectivity index (χ4n) is 2.97. The molecule has 1 saturated heterocycles. The Balaban J connectivity index is 1.66. The Morgan fingerprint density at radius 1 is 1.00 bits per heavy atom. The summed E-state index contributed by atoms with van der Waals surface area (Å²) >= 11 is 5.90. The summed E-state index contributed by atoms with van der Waals surface area (Å²) in [5, 5.41) is 0.345. The number of amides is 2. The molecule has 29 heavy (non-hydrogen) atoms. The first-order valence-electron chi connectivity index (χ1n) is 8.87. The topological polar surface area (TPSA) is 105 Å². The lowest BCUT2D eigenvalue weighted by Gasteiger charge is -2.15. The van der Waals surface area contributed by atoms with Crippen LogP contribution in [0.15, 0.2) is 47.4 Å². The average Bonchev–Trinajstić information content (AvgIpc) is 3.27. The molecule has 0 aliphatic carbocycles. The van der Waals surface area contributed by atoms with Crippen molar-refractivity contribution in [1.29, 1.82) is 0 Å². The number of carbonyl (C=O) groups excluding carboxylic acids is 2. The Morgan fingerprint density at radius 3 is 2.24 bits per heavy atom. The van der Waals surface area contributed by atoms with Gasteiger partial charge in [0, 0.05) is 23.7 Å². The van der Waals surface area contributed by atoms with Crippen molar-refractivity contribution in [2.75, 3.05) is 20.2 Å². The van der Waals surface area contributed by atoms with E-state index in [1.54, 1.807) is 12.1 Å². The van der Waals surface area contributed by atoms with Crippen molar-refractivity contribution >= 4 is 33.4 Å². The quantitative estimate of drug-likeness (QED) is 0.698. The molecule has 10 heteroatoms. The van der Waals surface area contributed by atoms with Gasteiger partial charge in [-0.05, 0) is 55.3 Å². The van der Waals surface area contributed by atoms with Gasteiger partial charge in [0.15, 0.2) is 0 Å². The Hall–Kier alpha value is -2.62. The smallest absolute Gasteiger partial charge is 0.273 e. The van der Waals surface area contributed by atoms with E-state index in [0.29, 0.717) is 23.9 Å². The molecule has 2 aromatic rings. The largest absolute Gasteiger partial charge is 0.496 e. The summed E-state index contributed by atoms with van der Waals surface area (Å²) in [6.45, 7) is 1.01. The summed E-state index contributed by atoms with van der Waals surface area (Å²) in [6.07, 6.45) is 1.69. The molecule has 2 aromatic carbocycles. The van der Waals surface area contributed by atoms with Crippen LogP contribution in [0.4, 0.5) is 0 Å². The number of hydrogen-bond donors (Lipinski definition) is 2. The minimum atomic E-state index is -3.55. The molecule has 0 saturated carbocycles. The van der Waals surface area contributed by atoms with Gasteiger partial charge in [-0.2, -0.15) is 4.31 Å². The van der Waals surface area contributed by atoms with E-state index in [2.05, 4.69) is 10.9 Å². The maximum Gasteiger partial charge on any atom is 0.273 e. The summed E-state index contributed by atoms with van der Waals surface area (Å²) < 4.78 is 31.6. The normalized spacial score (nSPS) is 14.4. The molecule has 8 nitrogen and oxygen atoms in total. The molecular weight excluding hydrogens is 418 g/mol. The number of hydrogen-bond acceptors (Lipinski definition) is 5. The van der Waals surface area contributed by atoms with Gasteiger partial charge in [0.05, 0.1) is 17.6 Å². The van der Waals surface area contributed by atoms with Crippen molar-refractivity contribution in [3.8, 4) is 5.75 Å². The number of sulfonamides is 1. The number of halogens is 1. The predicted octanol–water partition coefficient (Wildman–Crippen LogP) is 2.21. The highest BCUT2D eigenvalue weighted by Crippen LogP contribution is 2.23. The first-order chi connectivity index (χ1) is 13.8. The van der Waals surface area contributed by atoms with Gasteiger partial charge >= 0.3 is 0 Å². The number of methoxy groups -OCH3 is 1. The van der Waals surface area contributed by atoms with Gasteiger partial charge in [-0.25, -0.2) is 8.42 Å². The van der Waals surface area contributed by atoms with Gasteiger partial charge in [-0.3, -0.25) is 20.4 Å². The molecule has 1 heterocycles. The van der Waals surface area contributed by atoms with E-state index in [0.717, 1.165) is 12.8 Å². The highest BCUT2D eigenvalue weighted by Gasteiger charge is 2.27. The summed E-state index contributed by atoms with van der Waals surface area (Å²) in [5.41, 5.74) is 4.93. The molecule has 3 rings (SSSR count). The number of rotatable bonds is 5. The van der Waals surface area contributed by atoms with E-state index < -0.39 is 21.8 Å². The number of ether oxygens (including phenoxy) is 1. The van der Waals surface area contributed by atoms with Crippen molar-refractivity contribution in [3.05, 3.63) is 58.6 Å². The first-order valence-corrected chi connectivity index (χ1v) is 10.7. The van der Waals surface area contributed by atoms with E-state index in [9.17, 15) is 18.0 Å². The third kappa shape index (κ3) is 4.69. The number of nitrogens with one attached hydrogen (secondary N) is 2. The van der Waals surface area contributed by atoms with E-state index in [-0.39, 0.29) is 16.0 Å². The second-order valence-corrected chi connectivity index (χ2v) is 8.76. The van der Waals surface area contributed by atoms with E-state index in [1.807, 2.05) is 0 Å². The number of nitrogens with zero attached hydrogens (tertiary/aromatic N) is 1. The SMILES string of the molecule is COc1ccc(Cl)cc1C(=O)NNC(=O)c1ccc(S(=O)(=O)N2CCCC2)cc1. The third-order valence-electron chi connectivity index (χ3n) is 4.52. The molecule has 0 unspecified atom stereocenters. The molecule has 0 spiro atoms. The van der Waals surface area contributed by atoms with Crippen LogP contribution in [-0.2, 0) is 10.0 Å². The van der Waals surface area contributed by atoms with Gasteiger partial charge in [0.25, 0.3) is 11.8 Å². The third-order valence-corrected chi connectivity index (χ3v) is 6.66. The minimum absolute atomic E-state index is 0.128.